The van der Waals surface area contributed by atoms with E-state index in [4.69, 9.17) is 0 Å². The molecule has 0 aromatic heterocycles. The molecular formula is C13H17NO. The summed E-state index contributed by atoms with van der Waals surface area (Å²) < 4.78 is 0. The minimum absolute atomic E-state index is 0.389. The first-order chi connectivity index (χ1) is 7.31. The van der Waals surface area contributed by atoms with Crippen molar-refractivity contribution in [3.05, 3.63) is 29.8 Å². The zero-order valence-electron chi connectivity index (χ0n) is 9.12. The summed E-state index contributed by atoms with van der Waals surface area (Å²) in [5, 5.41) is 3.35. The molecule has 1 aliphatic heterocycles. The third-order valence-electron chi connectivity index (χ3n) is 2.94. The van der Waals surface area contributed by atoms with Gasteiger partial charge in [0, 0.05) is 31.0 Å². The molecule has 2 heteroatoms. The van der Waals surface area contributed by atoms with Gasteiger partial charge < -0.3 is 5.32 Å². The van der Waals surface area contributed by atoms with Crippen molar-refractivity contribution in [1.29, 1.82) is 0 Å². The van der Waals surface area contributed by atoms with Gasteiger partial charge in [-0.15, -0.1) is 0 Å². The van der Waals surface area contributed by atoms with Crippen LogP contribution in [0.15, 0.2) is 24.3 Å². The van der Waals surface area contributed by atoms with E-state index in [0.29, 0.717) is 18.1 Å². The van der Waals surface area contributed by atoms with Gasteiger partial charge in [-0.3, -0.25) is 4.79 Å². The number of Topliss-reactive ketones (excluding diaryl/α,β-unsaturated/α-hetero) is 1. The smallest absolute Gasteiger partial charge is 0.133 e. The number of para-hydroxylation sites is 1. The quantitative estimate of drug-likeness (QED) is 0.815. The van der Waals surface area contributed by atoms with Gasteiger partial charge in [0.15, 0.2) is 0 Å². The van der Waals surface area contributed by atoms with Gasteiger partial charge in [0.1, 0.15) is 5.78 Å². The van der Waals surface area contributed by atoms with Crippen molar-refractivity contribution in [1.82, 2.24) is 0 Å². The first-order valence-electron chi connectivity index (χ1n) is 5.65. The summed E-state index contributed by atoms with van der Waals surface area (Å²) >= 11 is 0. The highest BCUT2D eigenvalue weighted by Crippen LogP contribution is 2.33. The summed E-state index contributed by atoms with van der Waals surface area (Å²) in [5.74, 6) is 0.779. The van der Waals surface area contributed by atoms with Gasteiger partial charge in [0.25, 0.3) is 0 Å². The van der Waals surface area contributed by atoms with Crippen LogP contribution in [0, 0.1) is 0 Å². The summed E-state index contributed by atoms with van der Waals surface area (Å²) in [6.07, 6.45) is 2.37. The standard InChI is InChI=1S/C13H17NO/c1-2-5-11(15)8-10-9-14-13-7-4-3-6-12(10)13/h3-4,6-7,10,14H,2,5,8-9H2,1H3. The molecule has 0 radical (unpaired) electrons. The molecule has 2 rings (SSSR count). The third-order valence-corrected chi connectivity index (χ3v) is 2.94. The maximum atomic E-state index is 11.6. The fourth-order valence-electron chi connectivity index (χ4n) is 2.19. The lowest BCUT2D eigenvalue weighted by atomic mass is 9.94. The number of nitrogens with one attached hydrogen (secondary N) is 1. The van der Waals surface area contributed by atoms with Gasteiger partial charge in [-0.1, -0.05) is 25.1 Å². The Hall–Kier alpha value is -1.31. The number of carbonyl (C=O) groups excluding carboxylic acids is 1. The van der Waals surface area contributed by atoms with Gasteiger partial charge in [-0.2, -0.15) is 0 Å². The number of hydrogen-bond donors (Lipinski definition) is 1. The molecule has 2 nitrogen and oxygen atoms in total. The van der Waals surface area contributed by atoms with Crippen LogP contribution < -0.4 is 5.32 Å². The molecule has 80 valence electrons. The Morgan fingerprint density at radius 1 is 1.47 bits per heavy atom. The zero-order valence-corrected chi connectivity index (χ0v) is 9.12. The van der Waals surface area contributed by atoms with Crippen LogP contribution in [0.2, 0.25) is 0 Å². The van der Waals surface area contributed by atoms with Gasteiger partial charge in [0.2, 0.25) is 0 Å². The van der Waals surface area contributed by atoms with Crippen molar-refractivity contribution in [2.45, 2.75) is 32.1 Å². The second kappa shape index (κ2) is 4.47. The maximum Gasteiger partial charge on any atom is 0.133 e. The Morgan fingerprint density at radius 3 is 3.07 bits per heavy atom. The monoisotopic (exact) mass is 203 g/mol. The first-order valence-corrected chi connectivity index (χ1v) is 5.65. The topological polar surface area (TPSA) is 29.1 Å². The van der Waals surface area contributed by atoms with Gasteiger partial charge in [-0.25, -0.2) is 0 Å². The Balaban J connectivity index is 2.04. The van der Waals surface area contributed by atoms with E-state index in [0.717, 1.165) is 19.4 Å². The number of fused-ring (bicyclic) bond motifs is 1. The van der Waals surface area contributed by atoms with E-state index in [9.17, 15) is 4.79 Å². The van der Waals surface area contributed by atoms with E-state index < -0.39 is 0 Å². The average molecular weight is 203 g/mol. The predicted octanol–water partition coefficient (Wildman–Crippen LogP) is 2.96. The first kappa shape index (κ1) is 10.2. The van der Waals surface area contributed by atoms with Gasteiger partial charge >= 0.3 is 0 Å². The number of hydrogen-bond acceptors (Lipinski definition) is 2. The summed E-state index contributed by atoms with van der Waals surface area (Å²) in [7, 11) is 0. The number of anilines is 1. The Labute approximate surface area is 90.7 Å². The van der Waals surface area contributed by atoms with Crippen LogP contribution in [0.5, 0.6) is 0 Å². The molecule has 1 N–H and O–H groups in total. The van der Waals surface area contributed by atoms with Crippen molar-refractivity contribution in [3.8, 4) is 0 Å². The van der Waals surface area contributed by atoms with Crippen LogP contribution in [-0.2, 0) is 4.79 Å². The highest BCUT2D eigenvalue weighted by molar-refractivity contribution is 5.80. The largest absolute Gasteiger partial charge is 0.384 e. The molecule has 0 saturated heterocycles. The van der Waals surface area contributed by atoms with E-state index in [2.05, 4.69) is 24.4 Å². The van der Waals surface area contributed by atoms with Crippen LogP contribution in [0.3, 0.4) is 0 Å². The van der Waals surface area contributed by atoms with Crippen molar-refractivity contribution < 1.29 is 4.79 Å². The van der Waals surface area contributed by atoms with Gasteiger partial charge in [0.05, 0.1) is 0 Å². The normalized spacial score (nSPS) is 18.3. The molecule has 1 aromatic carbocycles. The van der Waals surface area contributed by atoms with E-state index in [1.165, 1.54) is 11.3 Å². The molecule has 0 bridgehead atoms. The lowest BCUT2D eigenvalue weighted by Gasteiger charge is -2.08. The van der Waals surface area contributed by atoms with Crippen LogP contribution in [0.4, 0.5) is 5.69 Å². The second-order valence-electron chi connectivity index (χ2n) is 4.16. The lowest BCUT2D eigenvalue weighted by molar-refractivity contribution is -0.119. The van der Waals surface area contributed by atoms with Crippen molar-refractivity contribution in [3.63, 3.8) is 0 Å². The predicted molar refractivity (Wildman–Crippen MR) is 62.2 cm³/mol. The summed E-state index contributed by atoms with van der Waals surface area (Å²) in [5.41, 5.74) is 2.51. The zero-order chi connectivity index (χ0) is 10.7. The van der Waals surface area contributed by atoms with E-state index in [-0.39, 0.29) is 0 Å². The van der Waals surface area contributed by atoms with Crippen LogP contribution in [-0.4, -0.2) is 12.3 Å². The van der Waals surface area contributed by atoms with Crippen molar-refractivity contribution in [2.24, 2.45) is 0 Å². The van der Waals surface area contributed by atoms with E-state index in [1.54, 1.807) is 0 Å². The number of benzene rings is 1. The molecule has 1 aliphatic rings. The molecule has 0 aliphatic carbocycles. The molecule has 0 amide bonds. The Kier molecular flexibility index (Phi) is 3.05. The minimum atomic E-state index is 0.389. The van der Waals surface area contributed by atoms with Crippen molar-refractivity contribution >= 4 is 11.5 Å². The number of carbonyl (C=O) groups is 1. The highest BCUT2D eigenvalue weighted by atomic mass is 16.1. The second-order valence-corrected chi connectivity index (χ2v) is 4.16. The van der Waals surface area contributed by atoms with Crippen LogP contribution >= 0.6 is 0 Å². The molecule has 1 aromatic rings. The Bertz CT molecular complexity index is 359. The van der Waals surface area contributed by atoms with Crippen molar-refractivity contribution in [2.75, 3.05) is 11.9 Å². The molecular weight excluding hydrogens is 186 g/mol. The molecule has 1 atom stereocenters. The number of ketones is 1. The minimum Gasteiger partial charge on any atom is -0.384 e. The number of rotatable bonds is 4. The third kappa shape index (κ3) is 2.20. The molecule has 1 unspecified atom stereocenters. The molecule has 1 heterocycles. The van der Waals surface area contributed by atoms with Crippen LogP contribution in [0.25, 0.3) is 0 Å². The van der Waals surface area contributed by atoms with E-state index >= 15 is 0 Å². The molecule has 0 saturated carbocycles. The highest BCUT2D eigenvalue weighted by Gasteiger charge is 2.23. The lowest BCUT2D eigenvalue weighted by Crippen LogP contribution is -2.08. The van der Waals surface area contributed by atoms with Crippen LogP contribution in [0.1, 0.15) is 37.7 Å². The SMILES string of the molecule is CCCC(=O)CC1CNc2ccccc21. The fourth-order valence-corrected chi connectivity index (χ4v) is 2.19. The maximum absolute atomic E-state index is 11.6. The van der Waals surface area contributed by atoms with E-state index in [1.807, 2.05) is 12.1 Å². The fraction of sp³-hybridized carbons (Fsp3) is 0.462. The molecule has 15 heavy (non-hydrogen) atoms. The summed E-state index contributed by atoms with van der Waals surface area (Å²) in [6, 6.07) is 8.28. The molecule has 0 fully saturated rings. The van der Waals surface area contributed by atoms with Gasteiger partial charge in [-0.05, 0) is 18.1 Å². The molecule has 0 spiro atoms. The average Bonchev–Trinajstić information content (AvgIpc) is 2.62. The Morgan fingerprint density at radius 2 is 2.27 bits per heavy atom. The summed E-state index contributed by atoms with van der Waals surface area (Å²) in [4.78, 5) is 11.6. The summed E-state index contributed by atoms with van der Waals surface area (Å²) in [6.45, 7) is 2.97.